The number of amides is 1. The number of likely N-dealkylation sites (N-methyl/N-ethyl adjacent to an activating group) is 2. The maximum Gasteiger partial charge on any atom is 0.310 e. The number of rotatable bonds is 4. The van der Waals surface area contributed by atoms with Gasteiger partial charge in [0.1, 0.15) is 0 Å². The molecule has 1 aromatic carbocycles. The summed E-state index contributed by atoms with van der Waals surface area (Å²) in [5.41, 5.74) is -0.133. The summed E-state index contributed by atoms with van der Waals surface area (Å²) in [6.07, 6.45) is 4.21. The van der Waals surface area contributed by atoms with Gasteiger partial charge in [-0.05, 0) is 39.1 Å². The van der Waals surface area contributed by atoms with Crippen molar-refractivity contribution in [1.82, 2.24) is 9.80 Å². The minimum atomic E-state index is -0.670. The summed E-state index contributed by atoms with van der Waals surface area (Å²) in [5.74, 6) is -0.712. The Labute approximate surface area is 135 Å². The van der Waals surface area contributed by atoms with Gasteiger partial charge in [-0.25, -0.2) is 0 Å². The predicted molar refractivity (Wildman–Crippen MR) is 86.6 cm³/mol. The zero-order chi connectivity index (χ0) is 17.1. The molecule has 1 aromatic rings. The number of nitro groups is 1. The molecule has 0 aliphatic heterocycles. The number of aromatic hydroxyl groups is 1. The molecule has 1 amide bonds. The fourth-order valence-corrected chi connectivity index (χ4v) is 3.31. The second-order valence-corrected chi connectivity index (χ2v) is 6.26. The maximum atomic E-state index is 12.7. The van der Waals surface area contributed by atoms with E-state index in [1.54, 1.807) is 11.9 Å². The zero-order valence-corrected chi connectivity index (χ0v) is 13.7. The van der Waals surface area contributed by atoms with E-state index in [-0.39, 0.29) is 17.5 Å². The Hall–Kier alpha value is -2.15. The fraction of sp³-hybridized carbons (Fsp3) is 0.562. The van der Waals surface area contributed by atoms with E-state index in [4.69, 9.17) is 0 Å². The van der Waals surface area contributed by atoms with Crippen molar-refractivity contribution >= 4 is 11.6 Å². The molecule has 0 aromatic heterocycles. The molecule has 0 spiro atoms. The van der Waals surface area contributed by atoms with Crippen LogP contribution in [0.25, 0.3) is 0 Å². The van der Waals surface area contributed by atoms with E-state index in [0.717, 1.165) is 25.7 Å². The summed E-state index contributed by atoms with van der Waals surface area (Å²) >= 11 is 0. The predicted octanol–water partition coefficient (Wildman–Crippen LogP) is 2.25. The molecule has 1 aliphatic rings. The van der Waals surface area contributed by atoms with Crippen LogP contribution in [0.1, 0.15) is 36.0 Å². The van der Waals surface area contributed by atoms with Crippen LogP contribution in [0, 0.1) is 10.1 Å². The highest BCUT2D eigenvalue weighted by Gasteiger charge is 2.32. The Morgan fingerprint density at radius 3 is 2.35 bits per heavy atom. The number of phenolic OH excluding ortho intramolecular Hbond substituents is 1. The van der Waals surface area contributed by atoms with E-state index < -0.39 is 16.4 Å². The van der Waals surface area contributed by atoms with Gasteiger partial charge in [0.25, 0.3) is 5.91 Å². The van der Waals surface area contributed by atoms with Crippen molar-refractivity contribution in [2.24, 2.45) is 0 Å². The highest BCUT2D eigenvalue weighted by molar-refractivity contribution is 5.95. The molecule has 23 heavy (non-hydrogen) atoms. The molecule has 1 fully saturated rings. The minimum absolute atomic E-state index is 0.101. The first-order valence-corrected chi connectivity index (χ1v) is 7.74. The summed E-state index contributed by atoms with van der Waals surface area (Å²) in [7, 11) is 5.78. The second-order valence-electron chi connectivity index (χ2n) is 6.26. The van der Waals surface area contributed by atoms with E-state index >= 15 is 0 Å². The average Bonchev–Trinajstić information content (AvgIpc) is 2.52. The van der Waals surface area contributed by atoms with E-state index in [0.29, 0.717) is 6.04 Å². The van der Waals surface area contributed by atoms with Gasteiger partial charge >= 0.3 is 5.69 Å². The molecule has 7 nitrogen and oxygen atoms in total. The molecule has 2 unspecified atom stereocenters. The quantitative estimate of drug-likeness (QED) is 0.679. The number of carbonyl (C=O) groups is 1. The SMILES string of the molecule is CN(C)C1CCCCC1N(C)C(=O)c1ccc([N+](=O)[O-])c(O)c1. The van der Waals surface area contributed by atoms with Crippen LogP contribution < -0.4 is 0 Å². The van der Waals surface area contributed by atoms with Crippen molar-refractivity contribution < 1.29 is 14.8 Å². The Kier molecular flexibility index (Phi) is 5.20. The second kappa shape index (κ2) is 6.95. The molecular weight excluding hydrogens is 298 g/mol. The van der Waals surface area contributed by atoms with Crippen LogP contribution in [0.2, 0.25) is 0 Å². The van der Waals surface area contributed by atoms with E-state index in [2.05, 4.69) is 4.90 Å². The number of hydrogen-bond donors (Lipinski definition) is 1. The minimum Gasteiger partial charge on any atom is -0.502 e. The summed E-state index contributed by atoms with van der Waals surface area (Å²) in [4.78, 5) is 26.6. The van der Waals surface area contributed by atoms with Crippen LogP contribution in [-0.4, -0.2) is 59.0 Å². The molecule has 7 heteroatoms. The number of nitrogens with zero attached hydrogens (tertiary/aromatic N) is 3. The molecule has 0 bridgehead atoms. The summed E-state index contributed by atoms with van der Waals surface area (Å²) in [6.45, 7) is 0. The molecule has 0 radical (unpaired) electrons. The third-order valence-corrected chi connectivity index (χ3v) is 4.59. The molecule has 1 saturated carbocycles. The highest BCUT2D eigenvalue weighted by atomic mass is 16.6. The van der Waals surface area contributed by atoms with E-state index in [1.165, 1.54) is 18.2 Å². The third kappa shape index (κ3) is 3.61. The van der Waals surface area contributed by atoms with Gasteiger partial charge in [0.05, 0.1) is 4.92 Å². The maximum absolute atomic E-state index is 12.7. The van der Waals surface area contributed by atoms with Crippen LogP contribution in [0.4, 0.5) is 5.69 Å². The molecule has 1 aliphatic carbocycles. The van der Waals surface area contributed by atoms with E-state index in [1.807, 2.05) is 14.1 Å². The Balaban J connectivity index is 2.21. The first kappa shape index (κ1) is 17.2. The van der Waals surface area contributed by atoms with Crippen LogP contribution in [0.15, 0.2) is 18.2 Å². The van der Waals surface area contributed by atoms with Gasteiger partial charge in [0, 0.05) is 30.8 Å². The number of hydrogen-bond acceptors (Lipinski definition) is 5. The smallest absolute Gasteiger partial charge is 0.310 e. The highest BCUT2D eigenvalue weighted by Crippen LogP contribution is 2.29. The van der Waals surface area contributed by atoms with Crippen molar-refractivity contribution in [2.75, 3.05) is 21.1 Å². The van der Waals surface area contributed by atoms with Crippen LogP contribution >= 0.6 is 0 Å². The Morgan fingerprint density at radius 2 is 1.83 bits per heavy atom. The number of phenols is 1. The van der Waals surface area contributed by atoms with Gasteiger partial charge in [-0.2, -0.15) is 0 Å². The molecule has 126 valence electrons. The Morgan fingerprint density at radius 1 is 1.22 bits per heavy atom. The molecule has 0 heterocycles. The lowest BCUT2D eigenvalue weighted by molar-refractivity contribution is -0.385. The normalized spacial score (nSPS) is 21.2. The first-order valence-electron chi connectivity index (χ1n) is 7.74. The summed E-state index contributed by atoms with van der Waals surface area (Å²) in [5, 5.41) is 20.5. The molecule has 2 atom stereocenters. The van der Waals surface area contributed by atoms with Crippen LogP contribution in [0.5, 0.6) is 5.75 Å². The van der Waals surface area contributed by atoms with Gasteiger partial charge in [-0.15, -0.1) is 0 Å². The van der Waals surface area contributed by atoms with Gasteiger partial charge < -0.3 is 14.9 Å². The lowest BCUT2D eigenvalue weighted by Gasteiger charge is -2.41. The van der Waals surface area contributed by atoms with Crippen LogP contribution in [-0.2, 0) is 0 Å². The lowest BCUT2D eigenvalue weighted by Crippen LogP contribution is -2.51. The summed E-state index contributed by atoms with van der Waals surface area (Å²) in [6, 6.07) is 4.13. The molecule has 1 N–H and O–H groups in total. The Bertz CT molecular complexity index is 603. The monoisotopic (exact) mass is 321 g/mol. The largest absolute Gasteiger partial charge is 0.502 e. The third-order valence-electron chi connectivity index (χ3n) is 4.59. The number of nitro benzene ring substituents is 1. The standard InChI is InChI=1S/C16H23N3O4/c1-17(2)12-6-4-5-7-13(12)18(3)16(21)11-8-9-14(19(22)23)15(20)10-11/h8-10,12-13,20H,4-7H2,1-3H3. The van der Waals surface area contributed by atoms with Crippen molar-refractivity contribution in [1.29, 1.82) is 0 Å². The van der Waals surface area contributed by atoms with Gasteiger partial charge in [-0.1, -0.05) is 12.8 Å². The van der Waals surface area contributed by atoms with Gasteiger partial charge in [0.15, 0.2) is 5.75 Å². The van der Waals surface area contributed by atoms with Gasteiger partial charge in [-0.3, -0.25) is 14.9 Å². The summed E-state index contributed by atoms with van der Waals surface area (Å²) < 4.78 is 0. The molecule has 0 saturated heterocycles. The fourth-order valence-electron chi connectivity index (χ4n) is 3.31. The van der Waals surface area contributed by atoms with Crippen LogP contribution in [0.3, 0.4) is 0 Å². The topological polar surface area (TPSA) is 86.9 Å². The van der Waals surface area contributed by atoms with Crippen molar-refractivity contribution in [3.05, 3.63) is 33.9 Å². The lowest BCUT2D eigenvalue weighted by atomic mass is 9.88. The van der Waals surface area contributed by atoms with Crippen molar-refractivity contribution in [2.45, 2.75) is 37.8 Å². The van der Waals surface area contributed by atoms with Crippen molar-refractivity contribution in [3.8, 4) is 5.75 Å². The first-order chi connectivity index (χ1) is 10.8. The van der Waals surface area contributed by atoms with Crippen molar-refractivity contribution in [3.63, 3.8) is 0 Å². The number of benzene rings is 1. The zero-order valence-electron chi connectivity index (χ0n) is 13.7. The number of carbonyl (C=O) groups excluding carboxylic acids is 1. The van der Waals surface area contributed by atoms with E-state index in [9.17, 15) is 20.0 Å². The molecular formula is C16H23N3O4. The average molecular weight is 321 g/mol. The molecule has 2 rings (SSSR count). The van der Waals surface area contributed by atoms with Gasteiger partial charge in [0.2, 0.25) is 0 Å².